The molecule has 5 nitrogen and oxygen atoms in total. The van der Waals surface area contributed by atoms with E-state index in [4.69, 9.17) is 9.26 Å². The first-order valence-corrected chi connectivity index (χ1v) is 11.4. The number of sulfone groups is 1. The molecule has 1 aromatic heterocycles. The lowest BCUT2D eigenvalue weighted by atomic mass is 10.0. The number of methoxy groups -OCH3 is 1. The number of rotatable bonds is 5. The molecule has 0 fully saturated rings. The van der Waals surface area contributed by atoms with Crippen LogP contribution in [0, 0.1) is 6.92 Å². The molecule has 152 valence electrons. The van der Waals surface area contributed by atoms with Gasteiger partial charge in [0, 0.05) is 0 Å². The van der Waals surface area contributed by atoms with Crippen LogP contribution in [0.2, 0.25) is 0 Å². The fourth-order valence-corrected chi connectivity index (χ4v) is 5.09. The molecular weight excluding hydrogens is 466 g/mol. The van der Waals surface area contributed by atoms with E-state index in [1.807, 2.05) is 48.5 Å². The van der Waals surface area contributed by atoms with Gasteiger partial charge in [-0.15, -0.1) is 0 Å². The third kappa shape index (κ3) is 3.78. The Kier molecular flexibility index (Phi) is 5.49. The van der Waals surface area contributed by atoms with Gasteiger partial charge in [0.25, 0.3) is 5.09 Å². The molecule has 0 atom stereocenters. The van der Waals surface area contributed by atoms with Crippen LogP contribution in [-0.4, -0.2) is 20.7 Å². The molecule has 0 aliphatic heterocycles. The standard InChI is InChI=1S/C23H18BrNO4S/c1-15-22(24)23(29-25-15)30(26,27)21-13-9-19(10-14-21)17-5-3-16(4-6-17)18-7-11-20(28-2)12-8-18/h3-14H,1-2H3. The van der Waals surface area contributed by atoms with E-state index in [1.165, 1.54) is 0 Å². The Morgan fingerprint density at radius 3 is 1.63 bits per heavy atom. The zero-order valence-corrected chi connectivity index (χ0v) is 18.7. The van der Waals surface area contributed by atoms with Crippen molar-refractivity contribution in [1.82, 2.24) is 5.16 Å². The fourth-order valence-electron chi connectivity index (χ4n) is 3.08. The van der Waals surface area contributed by atoms with E-state index in [9.17, 15) is 8.42 Å². The summed E-state index contributed by atoms with van der Waals surface area (Å²) in [7, 11) is -2.14. The van der Waals surface area contributed by atoms with Gasteiger partial charge in [-0.05, 0) is 69.4 Å². The minimum Gasteiger partial charge on any atom is -0.497 e. The second kappa shape index (κ2) is 8.08. The van der Waals surface area contributed by atoms with Gasteiger partial charge in [-0.25, -0.2) is 8.42 Å². The number of aromatic nitrogens is 1. The Balaban J connectivity index is 1.59. The first kappa shape index (κ1) is 20.4. The van der Waals surface area contributed by atoms with Crippen LogP contribution in [0.5, 0.6) is 5.75 Å². The van der Waals surface area contributed by atoms with Gasteiger partial charge in [-0.2, -0.15) is 0 Å². The Morgan fingerprint density at radius 2 is 1.23 bits per heavy atom. The lowest BCUT2D eigenvalue weighted by molar-refractivity contribution is 0.335. The molecule has 4 rings (SSSR count). The van der Waals surface area contributed by atoms with E-state index in [2.05, 4.69) is 21.1 Å². The molecule has 0 unspecified atom stereocenters. The van der Waals surface area contributed by atoms with Gasteiger partial charge in [0.2, 0.25) is 9.84 Å². The summed E-state index contributed by atoms with van der Waals surface area (Å²) in [4.78, 5) is 0.151. The topological polar surface area (TPSA) is 69.4 Å². The van der Waals surface area contributed by atoms with E-state index >= 15 is 0 Å². The summed E-state index contributed by atoms with van der Waals surface area (Å²) in [5, 5.41) is 3.52. The predicted octanol–water partition coefficient (Wildman–Crippen LogP) is 5.92. The zero-order valence-electron chi connectivity index (χ0n) is 16.3. The van der Waals surface area contributed by atoms with E-state index in [-0.39, 0.29) is 9.99 Å². The van der Waals surface area contributed by atoms with Crippen LogP contribution in [0.3, 0.4) is 0 Å². The van der Waals surface area contributed by atoms with Gasteiger partial charge in [-0.3, -0.25) is 0 Å². The highest BCUT2D eigenvalue weighted by molar-refractivity contribution is 9.10. The average molecular weight is 484 g/mol. The molecule has 0 bridgehead atoms. The van der Waals surface area contributed by atoms with Crippen molar-refractivity contribution in [2.45, 2.75) is 16.9 Å². The molecule has 0 saturated carbocycles. The van der Waals surface area contributed by atoms with Crippen molar-refractivity contribution in [3.05, 3.63) is 83.0 Å². The van der Waals surface area contributed by atoms with Crippen LogP contribution in [-0.2, 0) is 9.84 Å². The molecule has 0 aliphatic carbocycles. The molecule has 0 saturated heterocycles. The van der Waals surface area contributed by atoms with E-state index in [0.717, 1.165) is 28.0 Å². The number of hydrogen-bond donors (Lipinski definition) is 0. The molecule has 7 heteroatoms. The van der Waals surface area contributed by atoms with Crippen LogP contribution in [0.1, 0.15) is 5.69 Å². The highest BCUT2D eigenvalue weighted by atomic mass is 79.9. The summed E-state index contributed by atoms with van der Waals surface area (Å²) in [6.45, 7) is 1.67. The summed E-state index contributed by atoms with van der Waals surface area (Å²) in [5.74, 6) is 0.818. The SMILES string of the molecule is COc1ccc(-c2ccc(-c3ccc(S(=O)(=O)c4onc(C)c4Br)cc3)cc2)cc1. The van der Waals surface area contributed by atoms with E-state index < -0.39 is 9.84 Å². The third-order valence-electron chi connectivity index (χ3n) is 4.81. The number of aryl methyl sites for hydroxylation is 1. The maximum atomic E-state index is 12.8. The first-order chi connectivity index (χ1) is 14.4. The van der Waals surface area contributed by atoms with Crippen LogP contribution < -0.4 is 4.74 Å². The van der Waals surface area contributed by atoms with Crippen LogP contribution >= 0.6 is 15.9 Å². The quantitative estimate of drug-likeness (QED) is 0.352. The number of halogens is 1. The van der Waals surface area contributed by atoms with Crippen molar-refractivity contribution in [2.24, 2.45) is 0 Å². The highest BCUT2D eigenvalue weighted by Crippen LogP contribution is 2.32. The number of ether oxygens (including phenoxy) is 1. The van der Waals surface area contributed by atoms with Crippen LogP contribution in [0.4, 0.5) is 0 Å². The molecule has 0 aliphatic rings. The third-order valence-corrected chi connectivity index (χ3v) is 7.67. The molecule has 3 aromatic carbocycles. The van der Waals surface area contributed by atoms with Crippen LogP contribution in [0.25, 0.3) is 22.3 Å². The molecule has 1 heterocycles. The second-order valence-corrected chi connectivity index (χ2v) is 9.35. The smallest absolute Gasteiger partial charge is 0.269 e. The average Bonchev–Trinajstić information content (AvgIpc) is 3.13. The van der Waals surface area contributed by atoms with Gasteiger partial charge >= 0.3 is 0 Å². The second-order valence-electron chi connectivity index (χ2n) is 6.70. The normalized spacial score (nSPS) is 11.4. The monoisotopic (exact) mass is 483 g/mol. The summed E-state index contributed by atoms with van der Waals surface area (Å²) in [6, 6.07) is 22.7. The van der Waals surface area contributed by atoms with E-state index in [1.54, 1.807) is 38.3 Å². The highest BCUT2D eigenvalue weighted by Gasteiger charge is 2.27. The largest absolute Gasteiger partial charge is 0.497 e. The van der Waals surface area contributed by atoms with Gasteiger partial charge in [0.05, 0.1) is 22.2 Å². The van der Waals surface area contributed by atoms with Crippen molar-refractivity contribution in [3.8, 4) is 28.0 Å². The van der Waals surface area contributed by atoms with Gasteiger partial charge < -0.3 is 9.26 Å². The Labute approximate surface area is 183 Å². The van der Waals surface area contributed by atoms with Crippen LogP contribution in [0.15, 0.2) is 91.8 Å². The first-order valence-electron chi connectivity index (χ1n) is 9.12. The van der Waals surface area contributed by atoms with Gasteiger partial charge in [0.15, 0.2) is 0 Å². The van der Waals surface area contributed by atoms with Crippen molar-refractivity contribution >= 4 is 25.8 Å². The predicted molar refractivity (Wildman–Crippen MR) is 118 cm³/mol. The minimum absolute atomic E-state index is 0.151. The van der Waals surface area contributed by atoms with Crippen molar-refractivity contribution in [2.75, 3.05) is 7.11 Å². The summed E-state index contributed by atoms with van der Waals surface area (Å²) >= 11 is 3.23. The van der Waals surface area contributed by atoms with Crippen molar-refractivity contribution < 1.29 is 17.7 Å². The summed E-state index contributed by atoms with van der Waals surface area (Å²) in [6.07, 6.45) is 0. The Hall–Kier alpha value is -2.90. The van der Waals surface area contributed by atoms with Crippen molar-refractivity contribution in [1.29, 1.82) is 0 Å². The molecule has 0 spiro atoms. The Morgan fingerprint density at radius 1 is 0.800 bits per heavy atom. The molecule has 0 N–H and O–H groups in total. The molecule has 0 amide bonds. The van der Waals surface area contributed by atoms with Gasteiger partial charge in [-0.1, -0.05) is 53.7 Å². The van der Waals surface area contributed by atoms with Gasteiger partial charge in [0.1, 0.15) is 5.75 Å². The molecule has 4 aromatic rings. The lowest BCUT2D eigenvalue weighted by Crippen LogP contribution is -2.01. The maximum absolute atomic E-state index is 12.8. The molecule has 0 radical (unpaired) electrons. The lowest BCUT2D eigenvalue weighted by Gasteiger charge is -2.07. The number of benzene rings is 3. The summed E-state index contributed by atoms with van der Waals surface area (Å²) in [5.41, 5.74) is 4.58. The Bertz CT molecular complexity index is 1280. The van der Waals surface area contributed by atoms with E-state index in [0.29, 0.717) is 10.2 Å². The maximum Gasteiger partial charge on any atom is 0.269 e. The fraction of sp³-hybridized carbons (Fsp3) is 0.0870. The number of nitrogens with zero attached hydrogens (tertiary/aromatic N) is 1. The van der Waals surface area contributed by atoms with Crippen molar-refractivity contribution in [3.63, 3.8) is 0 Å². The molecule has 30 heavy (non-hydrogen) atoms. The number of hydrogen-bond acceptors (Lipinski definition) is 5. The summed E-state index contributed by atoms with van der Waals surface area (Å²) < 4.78 is 36.1. The molecular formula is C23H18BrNO4S. The zero-order chi connectivity index (χ0) is 21.3. The minimum atomic E-state index is -3.78.